The number of aromatic amines is 1. The van der Waals surface area contributed by atoms with Crippen molar-refractivity contribution in [3.8, 4) is 16.8 Å². The fraction of sp³-hybridized carbons (Fsp3) is 0.214. The summed E-state index contributed by atoms with van der Waals surface area (Å²) in [5.41, 5.74) is 5.63. The van der Waals surface area contributed by atoms with Crippen molar-refractivity contribution < 1.29 is 23.0 Å². The van der Waals surface area contributed by atoms with Crippen LogP contribution in [0.1, 0.15) is 34.8 Å². The van der Waals surface area contributed by atoms with E-state index >= 15 is 0 Å². The summed E-state index contributed by atoms with van der Waals surface area (Å²) in [7, 11) is 1.35. The molecule has 0 unspecified atom stereocenters. The maximum atomic E-state index is 14.5. The highest BCUT2D eigenvalue weighted by Crippen LogP contribution is 2.44. The van der Waals surface area contributed by atoms with Crippen LogP contribution in [0.2, 0.25) is 0 Å². The molecule has 36 heavy (non-hydrogen) atoms. The number of halogens is 2. The van der Waals surface area contributed by atoms with Gasteiger partial charge in [-0.1, -0.05) is 12.1 Å². The number of H-pyrrole nitrogens is 1. The number of hydrogen-bond donors (Lipinski definition) is 1. The van der Waals surface area contributed by atoms with Gasteiger partial charge in [-0.15, -0.1) is 0 Å². The lowest BCUT2D eigenvalue weighted by Gasteiger charge is -2.26. The normalized spacial score (nSPS) is 14.5. The topological polar surface area (TPSA) is 69.1 Å². The lowest BCUT2D eigenvalue weighted by molar-refractivity contribution is 0.0600. The Bertz CT molecular complexity index is 1600. The van der Waals surface area contributed by atoms with Crippen molar-refractivity contribution in [2.45, 2.75) is 18.8 Å². The number of aromatic nitrogens is 3. The van der Waals surface area contributed by atoms with E-state index in [-0.39, 0.29) is 5.92 Å². The van der Waals surface area contributed by atoms with Crippen molar-refractivity contribution >= 4 is 27.8 Å². The van der Waals surface area contributed by atoms with Gasteiger partial charge in [0.15, 0.2) is 11.6 Å². The quantitative estimate of drug-likeness (QED) is 0.310. The number of benzene rings is 3. The molecular weight excluding hydrogens is 464 g/mol. The van der Waals surface area contributed by atoms with Crippen LogP contribution in [-0.4, -0.2) is 41.1 Å². The van der Waals surface area contributed by atoms with E-state index in [1.54, 1.807) is 24.4 Å². The molecule has 1 saturated heterocycles. The SMILES string of the molecule is COC(=O)c1ccc(-c2c(C3CCOCC3)n(-c3ccc(F)c(F)c3)c3cc4cn[nH]c4cc23)cc1. The minimum Gasteiger partial charge on any atom is -0.465 e. The molecule has 2 aromatic heterocycles. The van der Waals surface area contributed by atoms with Crippen LogP contribution in [0.5, 0.6) is 0 Å². The van der Waals surface area contributed by atoms with E-state index < -0.39 is 17.6 Å². The number of rotatable bonds is 4. The second-order valence-electron chi connectivity index (χ2n) is 8.98. The van der Waals surface area contributed by atoms with E-state index in [0.717, 1.165) is 57.5 Å². The van der Waals surface area contributed by atoms with E-state index in [4.69, 9.17) is 9.47 Å². The maximum absolute atomic E-state index is 14.5. The molecule has 0 amide bonds. The van der Waals surface area contributed by atoms with Gasteiger partial charge in [-0.25, -0.2) is 13.6 Å². The van der Waals surface area contributed by atoms with Crippen LogP contribution >= 0.6 is 0 Å². The van der Waals surface area contributed by atoms with E-state index in [1.807, 2.05) is 28.8 Å². The Morgan fingerprint density at radius 3 is 2.56 bits per heavy atom. The number of fused-ring (bicyclic) bond motifs is 2. The summed E-state index contributed by atoms with van der Waals surface area (Å²) >= 11 is 0. The van der Waals surface area contributed by atoms with Gasteiger partial charge in [-0.2, -0.15) is 5.10 Å². The predicted molar refractivity (Wildman–Crippen MR) is 132 cm³/mol. The smallest absolute Gasteiger partial charge is 0.337 e. The fourth-order valence-electron chi connectivity index (χ4n) is 5.20. The van der Waals surface area contributed by atoms with Gasteiger partial charge in [-0.05, 0) is 54.8 Å². The molecule has 1 aliphatic rings. The van der Waals surface area contributed by atoms with Gasteiger partial charge in [-0.3, -0.25) is 5.10 Å². The summed E-state index contributed by atoms with van der Waals surface area (Å²) in [6.45, 7) is 1.24. The Morgan fingerprint density at radius 2 is 1.83 bits per heavy atom. The molecule has 1 N–H and O–H groups in total. The average Bonchev–Trinajstić information content (AvgIpc) is 3.51. The predicted octanol–water partition coefficient (Wildman–Crippen LogP) is 6.13. The Kier molecular flexibility index (Phi) is 5.53. The molecule has 0 radical (unpaired) electrons. The van der Waals surface area contributed by atoms with Crippen LogP contribution in [0.4, 0.5) is 8.78 Å². The van der Waals surface area contributed by atoms with Gasteiger partial charge in [0.1, 0.15) is 0 Å². The van der Waals surface area contributed by atoms with E-state index in [0.29, 0.717) is 24.5 Å². The Morgan fingerprint density at radius 1 is 1.06 bits per heavy atom. The van der Waals surface area contributed by atoms with Gasteiger partial charge >= 0.3 is 5.97 Å². The highest BCUT2D eigenvalue weighted by atomic mass is 19.2. The molecule has 0 atom stereocenters. The van der Waals surface area contributed by atoms with E-state index in [9.17, 15) is 13.6 Å². The van der Waals surface area contributed by atoms with Crippen LogP contribution in [0.25, 0.3) is 38.6 Å². The molecule has 0 spiro atoms. The number of nitrogens with one attached hydrogen (secondary N) is 1. The zero-order valence-corrected chi connectivity index (χ0v) is 19.6. The van der Waals surface area contributed by atoms with Crippen molar-refractivity contribution in [1.29, 1.82) is 0 Å². The minimum atomic E-state index is -0.902. The number of methoxy groups -OCH3 is 1. The first-order valence-electron chi connectivity index (χ1n) is 11.8. The number of esters is 1. The molecule has 8 heteroatoms. The Labute approximate surface area is 205 Å². The van der Waals surface area contributed by atoms with Crippen LogP contribution in [0.15, 0.2) is 60.8 Å². The maximum Gasteiger partial charge on any atom is 0.337 e. The highest BCUT2D eigenvalue weighted by Gasteiger charge is 2.28. The van der Waals surface area contributed by atoms with Gasteiger partial charge in [0.05, 0.1) is 29.9 Å². The zero-order valence-electron chi connectivity index (χ0n) is 19.6. The molecule has 6 rings (SSSR count). The molecule has 6 nitrogen and oxygen atoms in total. The third-order valence-corrected chi connectivity index (χ3v) is 6.93. The van der Waals surface area contributed by atoms with Gasteiger partial charge in [0.2, 0.25) is 0 Å². The van der Waals surface area contributed by atoms with Gasteiger partial charge < -0.3 is 14.0 Å². The highest BCUT2D eigenvalue weighted by molar-refractivity contribution is 6.06. The Hall–Kier alpha value is -4.04. The van der Waals surface area contributed by atoms with Gasteiger partial charge in [0.25, 0.3) is 0 Å². The largest absolute Gasteiger partial charge is 0.465 e. The second kappa shape index (κ2) is 8.87. The molecular formula is C28H23F2N3O3. The van der Waals surface area contributed by atoms with Crippen LogP contribution < -0.4 is 0 Å². The molecule has 1 aliphatic heterocycles. The second-order valence-corrected chi connectivity index (χ2v) is 8.98. The third kappa shape index (κ3) is 3.65. The molecule has 0 aliphatic carbocycles. The summed E-state index contributed by atoms with van der Waals surface area (Å²) in [5.74, 6) is -2.07. The zero-order chi connectivity index (χ0) is 24.8. The number of hydrogen-bond acceptors (Lipinski definition) is 4. The molecule has 3 heterocycles. The lowest BCUT2D eigenvalue weighted by Crippen LogP contribution is -2.17. The van der Waals surface area contributed by atoms with Crippen molar-refractivity contribution in [3.05, 3.63) is 83.7 Å². The third-order valence-electron chi connectivity index (χ3n) is 6.93. The van der Waals surface area contributed by atoms with Crippen LogP contribution in [0.3, 0.4) is 0 Å². The summed E-state index contributed by atoms with van der Waals surface area (Å²) < 4.78 is 40.9. The van der Waals surface area contributed by atoms with Crippen molar-refractivity contribution in [3.63, 3.8) is 0 Å². The minimum absolute atomic E-state index is 0.131. The first kappa shape index (κ1) is 22.4. The molecule has 1 fully saturated rings. The molecule has 0 bridgehead atoms. The summed E-state index contributed by atoms with van der Waals surface area (Å²) in [4.78, 5) is 12.0. The molecule has 0 saturated carbocycles. The summed E-state index contributed by atoms with van der Waals surface area (Å²) in [6, 6.07) is 15.3. The van der Waals surface area contributed by atoms with Gasteiger partial charge in [0, 0.05) is 52.9 Å². The van der Waals surface area contributed by atoms with E-state index in [2.05, 4.69) is 10.2 Å². The number of ether oxygens (including phenoxy) is 2. The molecule has 3 aromatic carbocycles. The van der Waals surface area contributed by atoms with Crippen LogP contribution in [-0.2, 0) is 9.47 Å². The summed E-state index contributed by atoms with van der Waals surface area (Å²) in [5, 5.41) is 9.07. The van der Waals surface area contributed by atoms with E-state index in [1.165, 1.54) is 13.2 Å². The first-order valence-corrected chi connectivity index (χ1v) is 11.8. The monoisotopic (exact) mass is 487 g/mol. The number of nitrogens with zero attached hydrogens (tertiary/aromatic N) is 2. The molecule has 5 aromatic rings. The Balaban J connectivity index is 1.69. The lowest BCUT2D eigenvalue weighted by atomic mass is 9.89. The fourth-order valence-corrected chi connectivity index (χ4v) is 5.20. The van der Waals surface area contributed by atoms with Crippen LogP contribution in [0, 0.1) is 11.6 Å². The summed E-state index contributed by atoms with van der Waals surface area (Å²) in [6.07, 6.45) is 3.34. The molecule has 182 valence electrons. The van der Waals surface area contributed by atoms with Crippen molar-refractivity contribution in [2.75, 3.05) is 20.3 Å². The number of carbonyl (C=O) groups is 1. The van der Waals surface area contributed by atoms with Crippen molar-refractivity contribution in [1.82, 2.24) is 14.8 Å². The van der Waals surface area contributed by atoms with Crippen molar-refractivity contribution in [2.24, 2.45) is 0 Å². The average molecular weight is 488 g/mol. The first-order chi connectivity index (χ1) is 17.5. The standard InChI is InChI=1S/C28H23F2N3O3/c1-35-28(34)18-4-2-16(3-5-18)26-21-14-24-19(15-31-32-24)12-25(21)33(20-6-7-22(29)23(30)13-20)27(26)17-8-10-36-11-9-17/h2-7,12-15,17H,8-11H2,1H3,(H,31,32). The number of carbonyl (C=O) groups excluding carboxylic acids is 1.